The van der Waals surface area contributed by atoms with Gasteiger partial charge in [-0.05, 0) is 45.9 Å². The molecule has 0 fully saturated rings. The highest BCUT2D eigenvalue weighted by atomic mass is 35.5. The first-order valence-corrected chi connectivity index (χ1v) is 9.85. The van der Waals surface area contributed by atoms with Gasteiger partial charge in [-0.25, -0.2) is 4.79 Å². The van der Waals surface area contributed by atoms with Crippen LogP contribution in [0.25, 0.3) is 0 Å². The molecule has 0 spiro atoms. The minimum absolute atomic E-state index is 0.114. The Morgan fingerprint density at radius 2 is 1.73 bits per heavy atom. The lowest BCUT2D eigenvalue weighted by atomic mass is 10.1. The number of anilines is 1. The Bertz CT molecular complexity index is 972. The molecular weight excluding hydrogens is 433 g/mol. The number of hydrogen-bond donors (Lipinski definition) is 3. The normalized spacial score (nSPS) is 11.7. The van der Waals surface area contributed by atoms with Gasteiger partial charge in [0.15, 0.2) is 0 Å². The number of carbonyl (C=O) groups excluding carboxylic acids is 3. The van der Waals surface area contributed by atoms with E-state index in [9.17, 15) is 14.4 Å². The van der Waals surface area contributed by atoms with E-state index in [2.05, 4.69) is 20.4 Å². The van der Waals surface area contributed by atoms with E-state index in [1.54, 1.807) is 6.92 Å². The van der Waals surface area contributed by atoms with E-state index >= 15 is 0 Å². The number of aryl methyl sites for hydroxylation is 1. The zero-order valence-corrected chi connectivity index (χ0v) is 18.7. The van der Waals surface area contributed by atoms with E-state index in [1.165, 1.54) is 32.2 Å². The number of nitrogens with one attached hydrogen (secondary N) is 3. The van der Waals surface area contributed by atoms with Crippen molar-refractivity contribution in [2.24, 2.45) is 0 Å². The van der Waals surface area contributed by atoms with Crippen LogP contribution in [-0.2, 0) is 9.53 Å². The largest absolute Gasteiger partial charge is 0.489 e. The number of halogens is 2. The van der Waals surface area contributed by atoms with Gasteiger partial charge in [-0.1, -0.05) is 23.2 Å². The number of rotatable bonds is 7. The van der Waals surface area contributed by atoms with Gasteiger partial charge in [0.05, 0.1) is 28.9 Å². The monoisotopic (exact) mass is 455 g/mol. The predicted octanol–water partition coefficient (Wildman–Crippen LogP) is 3.96. The zero-order valence-electron chi connectivity index (χ0n) is 17.2. The van der Waals surface area contributed by atoms with Crippen LogP contribution in [-0.4, -0.2) is 42.0 Å². The van der Waals surface area contributed by atoms with Crippen LogP contribution in [0.2, 0.25) is 10.0 Å². The summed E-state index contributed by atoms with van der Waals surface area (Å²) in [7, 11) is 1.24. The number of esters is 1. The third-order valence-electron chi connectivity index (χ3n) is 4.04. The number of aromatic nitrogens is 1. The van der Waals surface area contributed by atoms with Gasteiger partial charge in [0.1, 0.15) is 17.5 Å². The van der Waals surface area contributed by atoms with Crippen molar-refractivity contribution < 1.29 is 23.9 Å². The average Bonchev–Trinajstić information content (AvgIpc) is 2.95. The number of hydrogen-bond acceptors (Lipinski definition) is 5. The van der Waals surface area contributed by atoms with Crippen LogP contribution in [0.1, 0.15) is 47.3 Å². The summed E-state index contributed by atoms with van der Waals surface area (Å²) in [5, 5.41) is 5.63. The van der Waals surface area contributed by atoms with E-state index in [0.29, 0.717) is 11.4 Å². The summed E-state index contributed by atoms with van der Waals surface area (Å²) in [6.07, 6.45) is -0.223. The molecule has 1 aromatic heterocycles. The van der Waals surface area contributed by atoms with Crippen molar-refractivity contribution in [3.63, 3.8) is 0 Å². The third-order valence-corrected chi connectivity index (χ3v) is 4.99. The molecule has 0 saturated heterocycles. The topological polar surface area (TPSA) is 110 Å². The van der Waals surface area contributed by atoms with Crippen LogP contribution in [0.15, 0.2) is 18.2 Å². The molecule has 2 amide bonds. The van der Waals surface area contributed by atoms with Gasteiger partial charge in [0.2, 0.25) is 0 Å². The van der Waals surface area contributed by atoms with Crippen molar-refractivity contribution in [1.82, 2.24) is 10.3 Å². The van der Waals surface area contributed by atoms with Gasteiger partial charge in [-0.2, -0.15) is 0 Å². The fraction of sp³-hybridized carbons (Fsp3) is 0.350. The minimum atomic E-state index is -0.820. The van der Waals surface area contributed by atoms with Crippen LogP contribution in [0.4, 0.5) is 5.69 Å². The maximum absolute atomic E-state index is 12.6. The summed E-state index contributed by atoms with van der Waals surface area (Å²) in [5.74, 6) is -1.29. The molecule has 162 valence electrons. The summed E-state index contributed by atoms with van der Waals surface area (Å²) < 4.78 is 10.4. The van der Waals surface area contributed by atoms with Crippen molar-refractivity contribution in [3.05, 3.63) is 45.2 Å². The second kappa shape index (κ2) is 9.86. The Hall–Kier alpha value is -2.71. The first-order valence-electron chi connectivity index (χ1n) is 9.09. The molecule has 10 heteroatoms. The number of ether oxygens (including phenoxy) is 2. The lowest BCUT2D eigenvalue weighted by Gasteiger charge is -2.17. The summed E-state index contributed by atoms with van der Waals surface area (Å²) >= 11 is 12.1. The predicted molar refractivity (Wildman–Crippen MR) is 115 cm³/mol. The van der Waals surface area contributed by atoms with Crippen molar-refractivity contribution in [2.45, 2.75) is 39.8 Å². The molecule has 2 aromatic rings. The maximum Gasteiger partial charge on any atom is 0.328 e. The summed E-state index contributed by atoms with van der Waals surface area (Å²) in [5.41, 5.74) is 1.27. The second-order valence-corrected chi connectivity index (χ2v) is 7.56. The SMILES string of the molecule is COC(=O)[C@@H](C)NC(=O)c1ccc(NC(=O)c2[nH]c(C)c(Cl)c2Cl)c(OC(C)C)c1. The lowest BCUT2D eigenvalue weighted by molar-refractivity contribution is -0.142. The third kappa shape index (κ3) is 5.46. The van der Waals surface area contributed by atoms with Gasteiger partial charge in [-0.3, -0.25) is 9.59 Å². The highest BCUT2D eigenvalue weighted by molar-refractivity contribution is 6.44. The van der Waals surface area contributed by atoms with Crippen molar-refractivity contribution in [3.8, 4) is 5.75 Å². The van der Waals surface area contributed by atoms with Crippen LogP contribution in [0.5, 0.6) is 5.75 Å². The molecule has 3 N–H and O–H groups in total. The molecule has 8 nitrogen and oxygen atoms in total. The fourth-order valence-corrected chi connectivity index (χ4v) is 2.96. The number of carbonyl (C=O) groups is 3. The molecule has 0 aliphatic heterocycles. The van der Waals surface area contributed by atoms with Crippen LogP contribution in [0.3, 0.4) is 0 Å². The maximum atomic E-state index is 12.6. The van der Waals surface area contributed by atoms with E-state index in [0.717, 1.165) is 0 Å². The molecule has 0 aliphatic rings. The van der Waals surface area contributed by atoms with Gasteiger partial charge in [-0.15, -0.1) is 0 Å². The number of H-pyrrole nitrogens is 1. The molecule has 0 radical (unpaired) electrons. The zero-order chi connectivity index (χ0) is 22.6. The Labute approximate surface area is 184 Å². The Morgan fingerprint density at radius 1 is 1.07 bits per heavy atom. The highest BCUT2D eigenvalue weighted by Crippen LogP contribution is 2.31. The van der Waals surface area contributed by atoms with Gasteiger partial charge >= 0.3 is 5.97 Å². The summed E-state index contributed by atoms with van der Waals surface area (Å²) in [4.78, 5) is 39.5. The van der Waals surface area contributed by atoms with E-state index in [-0.39, 0.29) is 33.2 Å². The molecule has 0 saturated carbocycles. The molecule has 0 bridgehead atoms. The molecule has 0 unspecified atom stereocenters. The standard InChI is InChI=1S/C20H23Cl2N3O5/c1-9(2)30-14-8-12(18(26)24-11(4)20(28)29-5)6-7-13(14)25-19(27)17-16(22)15(21)10(3)23-17/h6-9,11,23H,1-5H3,(H,24,26)(H,25,27)/t11-/m1/s1. The van der Waals surface area contributed by atoms with Crippen LogP contribution in [0, 0.1) is 6.92 Å². The molecule has 1 atom stereocenters. The minimum Gasteiger partial charge on any atom is -0.489 e. The number of aromatic amines is 1. The molecule has 1 heterocycles. The summed E-state index contributed by atoms with van der Waals surface area (Å²) in [6, 6.07) is 3.68. The summed E-state index contributed by atoms with van der Waals surface area (Å²) in [6.45, 7) is 6.82. The Kier molecular flexibility index (Phi) is 7.75. The highest BCUT2D eigenvalue weighted by Gasteiger charge is 2.21. The van der Waals surface area contributed by atoms with Gasteiger partial charge in [0.25, 0.3) is 11.8 Å². The first kappa shape index (κ1) is 23.6. The Morgan fingerprint density at radius 3 is 2.27 bits per heavy atom. The fourth-order valence-electron chi connectivity index (χ4n) is 2.55. The molecule has 1 aromatic carbocycles. The molecule has 30 heavy (non-hydrogen) atoms. The number of benzene rings is 1. The molecule has 0 aliphatic carbocycles. The van der Waals surface area contributed by atoms with E-state index in [1.807, 2.05) is 13.8 Å². The molecular formula is C20H23Cl2N3O5. The first-order chi connectivity index (χ1) is 14.0. The van der Waals surface area contributed by atoms with Crippen LogP contribution < -0.4 is 15.4 Å². The van der Waals surface area contributed by atoms with Gasteiger partial charge < -0.3 is 25.1 Å². The average molecular weight is 456 g/mol. The van der Waals surface area contributed by atoms with E-state index < -0.39 is 23.8 Å². The van der Waals surface area contributed by atoms with Crippen molar-refractivity contribution in [1.29, 1.82) is 0 Å². The smallest absolute Gasteiger partial charge is 0.328 e. The second-order valence-electron chi connectivity index (χ2n) is 6.80. The lowest BCUT2D eigenvalue weighted by Crippen LogP contribution is -2.39. The van der Waals surface area contributed by atoms with Gasteiger partial charge in [0, 0.05) is 11.3 Å². The van der Waals surface area contributed by atoms with Crippen molar-refractivity contribution >= 4 is 46.7 Å². The Balaban J connectivity index is 2.29. The van der Waals surface area contributed by atoms with E-state index in [4.69, 9.17) is 27.9 Å². The quantitative estimate of drug-likeness (QED) is 0.547. The molecule has 2 rings (SSSR count). The number of amides is 2. The number of methoxy groups -OCH3 is 1. The van der Waals surface area contributed by atoms with Crippen molar-refractivity contribution in [2.75, 3.05) is 12.4 Å². The van der Waals surface area contributed by atoms with Crippen LogP contribution >= 0.6 is 23.2 Å².